The van der Waals surface area contributed by atoms with E-state index in [1.807, 2.05) is 79.7 Å². The van der Waals surface area contributed by atoms with E-state index in [9.17, 15) is 4.79 Å². The van der Waals surface area contributed by atoms with Gasteiger partial charge in [0.05, 0.1) is 7.11 Å². The molecular weight excluding hydrogens is 310 g/mol. The molecule has 0 aliphatic rings. The van der Waals surface area contributed by atoms with Gasteiger partial charge in [0.2, 0.25) is 0 Å². The highest BCUT2D eigenvalue weighted by Crippen LogP contribution is 2.21. The number of carbonyl (C=O) groups is 1. The number of aryl methyl sites for hydroxylation is 1. The summed E-state index contributed by atoms with van der Waals surface area (Å²) >= 11 is 0. The zero-order valence-corrected chi connectivity index (χ0v) is 14.5. The van der Waals surface area contributed by atoms with Crippen molar-refractivity contribution in [2.24, 2.45) is 0 Å². The van der Waals surface area contributed by atoms with E-state index in [4.69, 9.17) is 4.74 Å². The third-order valence-corrected chi connectivity index (χ3v) is 4.07. The largest absolute Gasteiger partial charge is 0.497 e. The highest BCUT2D eigenvalue weighted by molar-refractivity contribution is 6.12. The van der Waals surface area contributed by atoms with Crippen LogP contribution in [0.25, 0.3) is 0 Å². The van der Waals surface area contributed by atoms with Gasteiger partial charge in [-0.1, -0.05) is 48.0 Å². The first-order valence-electron chi connectivity index (χ1n) is 8.24. The van der Waals surface area contributed by atoms with Crippen molar-refractivity contribution in [1.82, 2.24) is 0 Å². The standard InChI is InChI=1S/C22H21NO2/c1-16-7-5-9-18(13-16)22(24)20-11-3-4-12-21(20)23-15-17-8-6-10-19(14-17)25-2/h3-14,23H,15H2,1-2H3. The van der Waals surface area contributed by atoms with E-state index in [2.05, 4.69) is 5.32 Å². The predicted molar refractivity (Wildman–Crippen MR) is 101 cm³/mol. The van der Waals surface area contributed by atoms with E-state index in [-0.39, 0.29) is 5.78 Å². The van der Waals surface area contributed by atoms with Crippen molar-refractivity contribution in [3.8, 4) is 5.75 Å². The molecule has 0 aliphatic heterocycles. The lowest BCUT2D eigenvalue weighted by Gasteiger charge is -2.12. The molecule has 3 aromatic rings. The average molecular weight is 331 g/mol. The first-order valence-corrected chi connectivity index (χ1v) is 8.24. The number of ether oxygens (including phenoxy) is 1. The number of ketones is 1. The zero-order valence-electron chi connectivity index (χ0n) is 14.5. The number of para-hydroxylation sites is 1. The second-order valence-corrected chi connectivity index (χ2v) is 5.95. The molecule has 0 fully saturated rings. The van der Waals surface area contributed by atoms with Crippen LogP contribution in [0.5, 0.6) is 5.75 Å². The Morgan fingerprint density at radius 2 is 1.76 bits per heavy atom. The molecule has 0 aromatic heterocycles. The molecule has 0 heterocycles. The third-order valence-electron chi connectivity index (χ3n) is 4.07. The molecule has 3 nitrogen and oxygen atoms in total. The van der Waals surface area contributed by atoms with Crippen LogP contribution in [0.4, 0.5) is 5.69 Å². The maximum absolute atomic E-state index is 12.9. The molecular formula is C22H21NO2. The zero-order chi connectivity index (χ0) is 17.6. The van der Waals surface area contributed by atoms with E-state index < -0.39 is 0 Å². The van der Waals surface area contributed by atoms with Gasteiger partial charge >= 0.3 is 0 Å². The molecule has 0 spiro atoms. The number of hydrogen-bond acceptors (Lipinski definition) is 3. The van der Waals surface area contributed by atoms with Gasteiger partial charge in [-0.15, -0.1) is 0 Å². The lowest BCUT2D eigenvalue weighted by molar-refractivity contribution is 0.103. The van der Waals surface area contributed by atoms with Crippen LogP contribution in [0.1, 0.15) is 27.0 Å². The van der Waals surface area contributed by atoms with Gasteiger partial charge in [0, 0.05) is 23.4 Å². The lowest BCUT2D eigenvalue weighted by Crippen LogP contribution is -2.08. The van der Waals surface area contributed by atoms with Crippen LogP contribution in [-0.4, -0.2) is 12.9 Å². The SMILES string of the molecule is COc1cccc(CNc2ccccc2C(=O)c2cccc(C)c2)c1. The highest BCUT2D eigenvalue weighted by atomic mass is 16.5. The topological polar surface area (TPSA) is 38.3 Å². The Morgan fingerprint density at radius 1 is 0.960 bits per heavy atom. The minimum Gasteiger partial charge on any atom is -0.497 e. The first kappa shape index (κ1) is 16.8. The van der Waals surface area contributed by atoms with Crippen LogP contribution >= 0.6 is 0 Å². The lowest BCUT2D eigenvalue weighted by atomic mass is 10.00. The number of anilines is 1. The first-order chi connectivity index (χ1) is 12.2. The summed E-state index contributed by atoms with van der Waals surface area (Å²) in [4.78, 5) is 12.9. The number of benzene rings is 3. The van der Waals surface area contributed by atoms with E-state index in [0.717, 1.165) is 22.6 Å². The number of rotatable bonds is 6. The number of carbonyl (C=O) groups excluding carboxylic acids is 1. The number of nitrogens with one attached hydrogen (secondary N) is 1. The average Bonchev–Trinajstić information content (AvgIpc) is 2.66. The normalized spacial score (nSPS) is 10.3. The smallest absolute Gasteiger partial charge is 0.195 e. The van der Waals surface area contributed by atoms with Gasteiger partial charge < -0.3 is 10.1 Å². The van der Waals surface area contributed by atoms with E-state index in [1.54, 1.807) is 7.11 Å². The van der Waals surface area contributed by atoms with Crippen molar-refractivity contribution in [3.63, 3.8) is 0 Å². The van der Waals surface area contributed by atoms with Gasteiger partial charge in [0.1, 0.15) is 5.75 Å². The fourth-order valence-corrected chi connectivity index (χ4v) is 2.76. The van der Waals surface area contributed by atoms with Crippen LogP contribution in [0, 0.1) is 6.92 Å². The van der Waals surface area contributed by atoms with E-state index in [1.165, 1.54) is 0 Å². The molecule has 0 saturated carbocycles. The Balaban J connectivity index is 1.82. The third kappa shape index (κ3) is 4.07. The summed E-state index contributed by atoms with van der Waals surface area (Å²) in [6.45, 7) is 2.61. The number of hydrogen-bond donors (Lipinski definition) is 1. The van der Waals surface area contributed by atoms with Gasteiger partial charge in [-0.25, -0.2) is 0 Å². The predicted octanol–water partition coefficient (Wildman–Crippen LogP) is 4.85. The summed E-state index contributed by atoms with van der Waals surface area (Å²) in [5.41, 5.74) is 4.38. The van der Waals surface area contributed by atoms with E-state index in [0.29, 0.717) is 17.7 Å². The summed E-state index contributed by atoms with van der Waals surface area (Å²) in [7, 11) is 1.66. The van der Waals surface area contributed by atoms with Crippen molar-refractivity contribution in [2.45, 2.75) is 13.5 Å². The summed E-state index contributed by atoms with van der Waals surface area (Å²) < 4.78 is 5.26. The molecule has 3 rings (SSSR count). The second-order valence-electron chi connectivity index (χ2n) is 5.95. The van der Waals surface area contributed by atoms with Crippen LogP contribution in [-0.2, 0) is 6.54 Å². The van der Waals surface area contributed by atoms with Gasteiger partial charge in [0.15, 0.2) is 5.78 Å². The van der Waals surface area contributed by atoms with Crippen LogP contribution in [0.3, 0.4) is 0 Å². The van der Waals surface area contributed by atoms with Crippen LogP contribution in [0.15, 0.2) is 72.8 Å². The Kier molecular flexibility index (Phi) is 5.14. The number of methoxy groups -OCH3 is 1. The summed E-state index contributed by atoms with van der Waals surface area (Å²) in [5.74, 6) is 0.848. The molecule has 25 heavy (non-hydrogen) atoms. The minimum absolute atomic E-state index is 0.0254. The Hall–Kier alpha value is -3.07. The van der Waals surface area contributed by atoms with Gasteiger partial charge in [-0.3, -0.25) is 4.79 Å². The quantitative estimate of drug-likeness (QED) is 0.656. The van der Waals surface area contributed by atoms with Crippen LogP contribution in [0.2, 0.25) is 0 Å². The van der Waals surface area contributed by atoms with Gasteiger partial charge in [-0.2, -0.15) is 0 Å². The van der Waals surface area contributed by atoms with Crippen molar-refractivity contribution in [3.05, 3.63) is 95.1 Å². The minimum atomic E-state index is 0.0254. The maximum atomic E-state index is 12.9. The second kappa shape index (κ2) is 7.67. The fraction of sp³-hybridized carbons (Fsp3) is 0.136. The Labute approximate surface area is 148 Å². The molecule has 0 bridgehead atoms. The van der Waals surface area contributed by atoms with Crippen molar-refractivity contribution in [1.29, 1.82) is 0 Å². The summed E-state index contributed by atoms with van der Waals surface area (Å²) in [6.07, 6.45) is 0. The monoisotopic (exact) mass is 331 g/mol. The Morgan fingerprint density at radius 3 is 2.56 bits per heavy atom. The molecule has 0 radical (unpaired) electrons. The fourth-order valence-electron chi connectivity index (χ4n) is 2.76. The molecule has 0 unspecified atom stereocenters. The van der Waals surface area contributed by atoms with Crippen molar-refractivity contribution >= 4 is 11.5 Å². The molecule has 3 heteroatoms. The molecule has 1 N–H and O–H groups in total. The molecule has 0 atom stereocenters. The summed E-state index contributed by atoms with van der Waals surface area (Å²) in [5, 5.41) is 3.37. The van der Waals surface area contributed by atoms with E-state index >= 15 is 0 Å². The molecule has 3 aromatic carbocycles. The molecule has 0 aliphatic carbocycles. The molecule has 126 valence electrons. The molecule has 0 saturated heterocycles. The maximum Gasteiger partial charge on any atom is 0.195 e. The highest BCUT2D eigenvalue weighted by Gasteiger charge is 2.13. The van der Waals surface area contributed by atoms with Crippen LogP contribution < -0.4 is 10.1 Å². The molecule has 0 amide bonds. The summed E-state index contributed by atoms with van der Waals surface area (Å²) in [6, 6.07) is 23.2. The van der Waals surface area contributed by atoms with Gasteiger partial charge in [0.25, 0.3) is 0 Å². The van der Waals surface area contributed by atoms with Crippen molar-refractivity contribution in [2.75, 3.05) is 12.4 Å². The Bertz CT molecular complexity index is 886. The van der Waals surface area contributed by atoms with Gasteiger partial charge in [-0.05, 0) is 42.8 Å². The van der Waals surface area contributed by atoms with Crippen molar-refractivity contribution < 1.29 is 9.53 Å².